The highest BCUT2D eigenvalue weighted by Gasteiger charge is 2.29. The number of H-pyrrole nitrogens is 1. The van der Waals surface area contributed by atoms with E-state index in [0.29, 0.717) is 30.8 Å². The van der Waals surface area contributed by atoms with E-state index in [1.54, 1.807) is 10.9 Å². The first-order valence-electron chi connectivity index (χ1n) is 8.92. The Morgan fingerprint density at radius 1 is 1.34 bits per heavy atom. The average Bonchev–Trinajstić information content (AvgIpc) is 3.06. The van der Waals surface area contributed by atoms with E-state index in [1.807, 2.05) is 4.90 Å². The molecule has 3 aromatic rings. The lowest BCUT2D eigenvalue weighted by molar-refractivity contribution is 0.0161. The van der Waals surface area contributed by atoms with Gasteiger partial charge in [-0.15, -0.1) is 0 Å². The Morgan fingerprint density at radius 2 is 2.14 bits per heavy atom. The van der Waals surface area contributed by atoms with E-state index in [2.05, 4.69) is 15.2 Å². The second-order valence-electron chi connectivity index (χ2n) is 7.03. The monoisotopic (exact) mass is 423 g/mol. The average molecular weight is 424 g/mol. The molecule has 0 saturated carbocycles. The molecular weight excluding hydrogens is 407 g/mol. The van der Waals surface area contributed by atoms with Crippen molar-refractivity contribution in [3.05, 3.63) is 74.4 Å². The van der Waals surface area contributed by atoms with Crippen LogP contribution in [0, 0.1) is 5.82 Å². The Labute approximate surface area is 168 Å². The first kappa shape index (κ1) is 19.5. The molecule has 0 aliphatic carbocycles. The topological polar surface area (TPSA) is 66.8 Å². The van der Waals surface area contributed by atoms with Crippen LogP contribution in [0.4, 0.5) is 18.9 Å². The molecule has 1 N–H and O–H groups in total. The first-order chi connectivity index (χ1) is 13.7. The predicted molar refractivity (Wildman–Crippen MR) is 102 cm³/mol. The second-order valence-corrected chi connectivity index (χ2v) is 7.40. The van der Waals surface area contributed by atoms with Crippen molar-refractivity contribution in [3.63, 3.8) is 0 Å². The van der Waals surface area contributed by atoms with E-state index in [9.17, 15) is 18.0 Å². The Hall–Kier alpha value is -2.81. The molecule has 0 bridgehead atoms. The summed E-state index contributed by atoms with van der Waals surface area (Å²) in [6.45, 7) is 1.89. The molecule has 10 heteroatoms. The van der Waals surface area contributed by atoms with Crippen LogP contribution in [-0.4, -0.2) is 26.3 Å². The van der Waals surface area contributed by atoms with Gasteiger partial charge in [0.15, 0.2) is 0 Å². The largest absolute Gasteiger partial charge is 0.362 e. The number of anilines is 1. The molecule has 0 saturated heterocycles. The number of rotatable bonds is 4. The molecule has 0 spiro atoms. The fourth-order valence-electron chi connectivity index (χ4n) is 3.59. The van der Waals surface area contributed by atoms with Gasteiger partial charge in [0.05, 0.1) is 30.5 Å². The van der Waals surface area contributed by atoms with Crippen molar-refractivity contribution in [2.45, 2.75) is 32.4 Å². The van der Waals surface area contributed by atoms with Crippen molar-refractivity contribution in [2.24, 2.45) is 0 Å². The number of hydrogen-bond acceptors (Lipinski definition) is 4. The number of hydrogen-bond donors (Lipinski definition) is 1. The van der Waals surface area contributed by atoms with Crippen molar-refractivity contribution in [1.82, 2.24) is 19.7 Å². The predicted octanol–water partition coefficient (Wildman–Crippen LogP) is 3.48. The Morgan fingerprint density at radius 3 is 2.90 bits per heavy atom. The summed E-state index contributed by atoms with van der Waals surface area (Å²) in [5.41, 5.74) is 1.72. The lowest BCUT2D eigenvalue weighted by atomic mass is 10.0. The van der Waals surface area contributed by atoms with Crippen LogP contribution in [0.5, 0.6) is 0 Å². The SMILES string of the molecule is CC(F)(F)c1cc(F)ccc1Cn1cnc2c1CCN(c1cn[nH]c(=O)c1Cl)C2. The summed E-state index contributed by atoms with van der Waals surface area (Å²) in [5, 5.41) is 6.12. The van der Waals surface area contributed by atoms with Gasteiger partial charge in [0.25, 0.3) is 11.5 Å². The van der Waals surface area contributed by atoms with Crippen LogP contribution in [0.3, 0.4) is 0 Å². The van der Waals surface area contributed by atoms with Crippen LogP contribution in [0.15, 0.2) is 35.5 Å². The molecule has 6 nitrogen and oxygen atoms in total. The Balaban J connectivity index is 1.62. The molecular formula is C19H17ClF3N5O. The van der Waals surface area contributed by atoms with Crippen molar-refractivity contribution in [1.29, 1.82) is 0 Å². The minimum absolute atomic E-state index is 0.0593. The molecule has 0 atom stereocenters. The van der Waals surface area contributed by atoms with Crippen molar-refractivity contribution in [2.75, 3.05) is 11.4 Å². The van der Waals surface area contributed by atoms with Gasteiger partial charge in [-0.1, -0.05) is 17.7 Å². The van der Waals surface area contributed by atoms with E-state index in [-0.39, 0.29) is 17.1 Å². The van der Waals surface area contributed by atoms with Gasteiger partial charge in [-0.3, -0.25) is 4.79 Å². The number of imidazole rings is 1. The number of nitrogens with zero attached hydrogens (tertiary/aromatic N) is 4. The second kappa shape index (κ2) is 7.22. The number of nitrogens with one attached hydrogen (secondary N) is 1. The molecule has 0 unspecified atom stereocenters. The quantitative estimate of drug-likeness (QED) is 0.697. The molecule has 29 heavy (non-hydrogen) atoms. The number of aromatic nitrogens is 4. The molecule has 0 radical (unpaired) electrons. The zero-order chi connectivity index (χ0) is 20.8. The maximum atomic E-state index is 13.9. The van der Waals surface area contributed by atoms with Crippen LogP contribution < -0.4 is 10.5 Å². The molecule has 0 amide bonds. The van der Waals surface area contributed by atoms with Gasteiger partial charge in [-0.05, 0) is 17.7 Å². The van der Waals surface area contributed by atoms with Gasteiger partial charge in [0.1, 0.15) is 10.8 Å². The molecule has 1 aliphatic rings. The highest BCUT2D eigenvalue weighted by atomic mass is 35.5. The maximum absolute atomic E-state index is 13.9. The lowest BCUT2D eigenvalue weighted by Crippen LogP contribution is -2.32. The summed E-state index contributed by atoms with van der Waals surface area (Å²) in [4.78, 5) is 18.0. The van der Waals surface area contributed by atoms with Crippen LogP contribution >= 0.6 is 11.6 Å². The van der Waals surface area contributed by atoms with Gasteiger partial charge < -0.3 is 9.47 Å². The van der Waals surface area contributed by atoms with Gasteiger partial charge in [0.2, 0.25) is 0 Å². The number of alkyl halides is 2. The van der Waals surface area contributed by atoms with Crippen LogP contribution in [0.25, 0.3) is 0 Å². The third-order valence-corrected chi connectivity index (χ3v) is 5.36. The van der Waals surface area contributed by atoms with E-state index in [1.165, 1.54) is 18.3 Å². The summed E-state index contributed by atoms with van der Waals surface area (Å²) >= 11 is 6.09. The molecule has 1 aromatic carbocycles. The van der Waals surface area contributed by atoms with Crippen LogP contribution in [0.1, 0.15) is 29.4 Å². The van der Waals surface area contributed by atoms with Crippen molar-refractivity contribution < 1.29 is 13.2 Å². The summed E-state index contributed by atoms with van der Waals surface area (Å²) in [6.07, 6.45) is 3.66. The fourth-order valence-corrected chi connectivity index (χ4v) is 3.80. The third-order valence-electron chi connectivity index (χ3n) is 5.00. The van der Waals surface area contributed by atoms with E-state index in [4.69, 9.17) is 11.6 Å². The van der Waals surface area contributed by atoms with Crippen LogP contribution in [-0.2, 0) is 25.4 Å². The minimum Gasteiger partial charge on any atom is -0.362 e. The molecule has 4 rings (SSSR count). The van der Waals surface area contributed by atoms with Gasteiger partial charge in [-0.2, -0.15) is 5.10 Å². The number of aromatic amines is 1. The van der Waals surface area contributed by atoms with Crippen LogP contribution in [0.2, 0.25) is 5.02 Å². The van der Waals surface area contributed by atoms with Crippen molar-refractivity contribution in [3.8, 4) is 0 Å². The van der Waals surface area contributed by atoms with E-state index < -0.39 is 17.3 Å². The number of benzene rings is 1. The van der Waals surface area contributed by atoms with Gasteiger partial charge in [0, 0.05) is 37.7 Å². The molecule has 2 aromatic heterocycles. The lowest BCUT2D eigenvalue weighted by Gasteiger charge is -2.29. The molecule has 1 aliphatic heterocycles. The summed E-state index contributed by atoms with van der Waals surface area (Å²) < 4.78 is 43.1. The van der Waals surface area contributed by atoms with Gasteiger partial charge >= 0.3 is 0 Å². The summed E-state index contributed by atoms with van der Waals surface area (Å²) in [7, 11) is 0. The fraction of sp³-hybridized carbons (Fsp3) is 0.316. The smallest absolute Gasteiger partial charge is 0.285 e. The highest BCUT2D eigenvalue weighted by molar-refractivity contribution is 6.32. The summed E-state index contributed by atoms with van der Waals surface area (Å²) in [5.74, 6) is -3.85. The van der Waals surface area contributed by atoms with Crippen molar-refractivity contribution >= 4 is 17.3 Å². The standard InChI is InChI=1S/C19H17ClF3N5O/c1-19(22,23)13-6-12(21)3-2-11(13)8-28-10-24-14-9-27(5-4-15(14)28)16-7-25-26-18(29)17(16)20/h2-3,6-7,10H,4-5,8-9H2,1H3,(H,26,29). The van der Waals surface area contributed by atoms with E-state index in [0.717, 1.165) is 24.4 Å². The summed E-state index contributed by atoms with van der Waals surface area (Å²) in [6, 6.07) is 3.44. The molecule has 152 valence electrons. The normalized spacial score (nSPS) is 14.2. The maximum Gasteiger partial charge on any atom is 0.285 e. The first-order valence-corrected chi connectivity index (χ1v) is 9.29. The molecule has 0 fully saturated rings. The highest BCUT2D eigenvalue weighted by Crippen LogP contribution is 2.32. The van der Waals surface area contributed by atoms with Gasteiger partial charge in [-0.25, -0.2) is 23.3 Å². The number of fused-ring (bicyclic) bond motifs is 1. The van der Waals surface area contributed by atoms with E-state index >= 15 is 0 Å². The number of halogens is 4. The zero-order valence-electron chi connectivity index (χ0n) is 15.4. The Bertz CT molecular complexity index is 1120. The Kier molecular flexibility index (Phi) is 4.85. The zero-order valence-corrected chi connectivity index (χ0v) is 16.2. The molecule has 3 heterocycles. The third kappa shape index (κ3) is 3.74. The minimum atomic E-state index is -3.15.